The van der Waals surface area contributed by atoms with Gasteiger partial charge in [-0.05, 0) is 60.9 Å². The number of nitrogens with zero attached hydrogens (tertiary/aromatic N) is 1. The largest absolute Gasteiger partial charge is 0.483 e. The van der Waals surface area contributed by atoms with Crippen LogP contribution in [-0.4, -0.2) is 29.3 Å². The zero-order chi connectivity index (χ0) is 22.9. The first-order chi connectivity index (χ1) is 15.5. The van der Waals surface area contributed by atoms with Crippen molar-refractivity contribution in [1.82, 2.24) is 4.98 Å². The van der Waals surface area contributed by atoms with Gasteiger partial charge in [-0.15, -0.1) is 35.3 Å². The summed E-state index contributed by atoms with van der Waals surface area (Å²) in [7, 11) is 0. The molecule has 2 aromatic carbocycles. The Hall–Kier alpha value is -1.80. The van der Waals surface area contributed by atoms with Crippen LogP contribution >= 0.6 is 46.9 Å². The van der Waals surface area contributed by atoms with E-state index >= 15 is 0 Å². The Morgan fingerprint density at radius 1 is 1.03 bits per heavy atom. The van der Waals surface area contributed by atoms with Crippen LogP contribution in [0.5, 0.6) is 5.75 Å². The number of carbonyl (C=O) groups excluding carboxylic acids is 1. The number of anilines is 1. The number of aryl methyl sites for hydroxylation is 1. The highest BCUT2D eigenvalue weighted by molar-refractivity contribution is 7.99. The average Bonchev–Trinajstić information content (AvgIpc) is 2.79. The van der Waals surface area contributed by atoms with E-state index in [2.05, 4.69) is 10.3 Å². The molecule has 0 atom stereocenters. The summed E-state index contributed by atoms with van der Waals surface area (Å²) in [5, 5.41) is 4.63. The van der Waals surface area contributed by atoms with Crippen molar-refractivity contribution >= 4 is 58.5 Å². The maximum Gasteiger partial charge on any atom is 0.228 e. The number of ether oxygens (including phenoxy) is 1. The lowest BCUT2D eigenvalue weighted by molar-refractivity contribution is -0.115. The standard InChI is InChI=1S/C24H25ClN2O2S3/c1-16-12-21(30-2)23(24(26-16)31-3)27-22(28)13-17-6-10-20(11-7-17)29-15-32-14-18-4-8-19(25)9-5-18/h4-12H,13-15H2,1-3H3,(H,27,28). The molecule has 3 aromatic rings. The fraction of sp³-hybridized carbons (Fsp3) is 0.250. The van der Waals surface area contributed by atoms with E-state index in [9.17, 15) is 4.79 Å². The van der Waals surface area contributed by atoms with Gasteiger partial charge in [-0.25, -0.2) is 4.98 Å². The molecule has 0 aliphatic heterocycles. The Morgan fingerprint density at radius 2 is 1.72 bits per heavy atom. The zero-order valence-electron chi connectivity index (χ0n) is 18.2. The van der Waals surface area contributed by atoms with E-state index in [-0.39, 0.29) is 5.91 Å². The Bertz CT molecular complexity index is 1020. The molecule has 1 heterocycles. The Morgan fingerprint density at radius 3 is 2.38 bits per heavy atom. The molecule has 0 aliphatic rings. The van der Waals surface area contributed by atoms with Crippen LogP contribution in [-0.2, 0) is 17.0 Å². The first kappa shape index (κ1) is 24.8. The number of nitrogens with one attached hydrogen (secondary N) is 1. The lowest BCUT2D eigenvalue weighted by Gasteiger charge is -2.14. The minimum absolute atomic E-state index is 0.0616. The van der Waals surface area contributed by atoms with E-state index in [0.717, 1.165) is 43.4 Å². The number of hydrogen-bond donors (Lipinski definition) is 1. The summed E-state index contributed by atoms with van der Waals surface area (Å²) in [6.45, 7) is 1.96. The van der Waals surface area contributed by atoms with Crippen LogP contribution in [0.25, 0.3) is 0 Å². The van der Waals surface area contributed by atoms with Crippen LogP contribution in [0.2, 0.25) is 5.02 Å². The Labute approximate surface area is 207 Å². The van der Waals surface area contributed by atoms with Crippen LogP contribution in [0.15, 0.2) is 64.5 Å². The number of hydrogen-bond acceptors (Lipinski definition) is 6. The first-order valence-electron chi connectivity index (χ1n) is 9.92. The molecule has 1 N–H and O–H groups in total. The molecule has 1 aromatic heterocycles. The van der Waals surface area contributed by atoms with E-state index in [1.54, 1.807) is 23.5 Å². The van der Waals surface area contributed by atoms with Crippen LogP contribution in [0.4, 0.5) is 5.69 Å². The molecular formula is C24H25ClN2O2S3. The summed E-state index contributed by atoms with van der Waals surface area (Å²) in [6, 6.07) is 17.5. The average molecular weight is 505 g/mol. The van der Waals surface area contributed by atoms with Gasteiger partial charge in [0, 0.05) is 21.4 Å². The normalized spacial score (nSPS) is 10.8. The molecule has 0 saturated heterocycles. The fourth-order valence-electron chi connectivity index (χ4n) is 2.96. The van der Waals surface area contributed by atoms with E-state index in [1.165, 1.54) is 17.3 Å². The van der Waals surface area contributed by atoms with E-state index < -0.39 is 0 Å². The summed E-state index contributed by atoms with van der Waals surface area (Å²) in [5.41, 5.74) is 3.87. The lowest BCUT2D eigenvalue weighted by Crippen LogP contribution is -2.16. The van der Waals surface area contributed by atoms with Gasteiger partial charge in [-0.1, -0.05) is 35.9 Å². The number of thioether (sulfide) groups is 3. The minimum atomic E-state index is -0.0616. The second-order valence-corrected chi connectivity index (χ2v) is 9.97. The quantitative estimate of drug-likeness (QED) is 0.183. The van der Waals surface area contributed by atoms with Gasteiger partial charge in [-0.2, -0.15) is 0 Å². The van der Waals surface area contributed by atoms with Gasteiger partial charge in [0.25, 0.3) is 0 Å². The van der Waals surface area contributed by atoms with Crippen molar-refractivity contribution in [2.24, 2.45) is 0 Å². The number of carbonyl (C=O) groups is 1. The molecule has 0 spiro atoms. The second kappa shape index (κ2) is 12.4. The highest BCUT2D eigenvalue weighted by atomic mass is 35.5. The van der Waals surface area contributed by atoms with Gasteiger partial charge in [0.15, 0.2) is 0 Å². The Kier molecular flexibility index (Phi) is 9.66. The molecule has 0 radical (unpaired) electrons. The Balaban J connectivity index is 1.50. The van der Waals surface area contributed by atoms with E-state index in [1.807, 2.05) is 74.0 Å². The first-order valence-corrected chi connectivity index (χ1v) is 13.9. The van der Waals surface area contributed by atoms with Crippen molar-refractivity contribution < 1.29 is 9.53 Å². The van der Waals surface area contributed by atoms with Crippen molar-refractivity contribution in [1.29, 1.82) is 0 Å². The predicted molar refractivity (Wildman–Crippen MR) is 140 cm³/mol. The van der Waals surface area contributed by atoms with Gasteiger partial charge >= 0.3 is 0 Å². The zero-order valence-corrected chi connectivity index (χ0v) is 21.4. The number of rotatable bonds is 10. The summed E-state index contributed by atoms with van der Waals surface area (Å²) in [6.07, 6.45) is 4.26. The number of benzene rings is 2. The molecule has 168 valence electrons. The fourth-order valence-corrected chi connectivity index (χ4v) is 5.12. The third-order valence-corrected chi connectivity index (χ3v) is 7.05. The molecule has 0 bridgehead atoms. The number of amides is 1. The molecule has 0 aliphatic carbocycles. The van der Waals surface area contributed by atoms with Gasteiger partial charge in [0.1, 0.15) is 16.7 Å². The predicted octanol–water partition coefficient (Wildman–Crippen LogP) is 6.94. The van der Waals surface area contributed by atoms with E-state index in [0.29, 0.717) is 12.4 Å². The molecule has 4 nitrogen and oxygen atoms in total. The maximum absolute atomic E-state index is 12.7. The molecular weight excluding hydrogens is 480 g/mol. The second-order valence-electron chi connectivity index (χ2n) is 6.96. The van der Waals surface area contributed by atoms with Gasteiger partial charge in [0.05, 0.1) is 12.1 Å². The monoisotopic (exact) mass is 504 g/mol. The molecule has 32 heavy (non-hydrogen) atoms. The lowest BCUT2D eigenvalue weighted by atomic mass is 10.1. The van der Waals surface area contributed by atoms with Crippen molar-refractivity contribution in [2.45, 2.75) is 29.0 Å². The summed E-state index contributed by atoms with van der Waals surface area (Å²) in [5.74, 6) is 2.14. The molecule has 0 saturated carbocycles. The van der Waals surface area contributed by atoms with Crippen molar-refractivity contribution in [2.75, 3.05) is 23.8 Å². The van der Waals surface area contributed by atoms with Crippen molar-refractivity contribution in [3.05, 3.63) is 76.4 Å². The van der Waals surface area contributed by atoms with Gasteiger partial charge in [0.2, 0.25) is 5.91 Å². The number of aromatic nitrogens is 1. The van der Waals surface area contributed by atoms with Crippen LogP contribution in [0.1, 0.15) is 16.8 Å². The molecule has 0 fully saturated rings. The van der Waals surface area contributed by atoms with E-state index in [4.69, 9.17) is 16.3 Å². The topological polar surface area (TPSA) is 51.2 Å². The van der Waals surface area contributed by atoms with Gasteiger partial charge in [-0.3, -0.25) is 4.79 Å². The van der Waals surface area contributed by atoms with Crippen molar-refractivity contribution in [3.8, 4) is 5.75 Å². The molecule has 0 unspecified atom stereocenters. The van der Waals surface area contributed by atoms with Gasteiger partial charge < -0.3 is 10.1 Å². The smallest absolute Gasteiger partial charge is 0.228 e. The summed E-state index contributed by atoms with van der Waals surface area (Å²) < 4.78 is 5.80. The summed E-state index contributed by atoms with van der Waals surface area (Å²) >= 11 is 10.7. The van der Waals surface area contributed by atoms with Crippen molar-refractivity contribution in [3.63, 3.8) is 0 Å². The van der Waals surface area contributed by atoms with Crippen LogP contribution in [0.3, 0.4) is 0 Å². The maximum atomic E-state index is 12.7. The van der Waals surface area contributed by atoms with Crippen LogP contribution < -0.4 is 10.1 Å². The SMILES string of the molecule is CSc1cc(C)nc(SC)c1NC(=O)Cc1ccc(OCSCc2ccc(Cl)cc2)cc1. The highest BCUT2D eigenvalue weighted by Crippen LogP contribution is 2.33. The molecule has 1 amide bonds. The number of pyridine rings is 1. The molecule has 3 rings (SSSR count). The van der Waals surface area contributed by atoms with Crippen LogP contribution in [0, 0.1) is 6.92 Å². The molecule has 8 heteroatoms. The third kappa shape index (κ3) is 7.37. The third-order valence-electron chi connectivity index (χ3n) is 4.53. The minimum Gasteiger partial charge on any atom is -0.483 e. The highest BCUT2D eigenvalue weighted by Gasteiger charge is 2.14. The number of halogens is 1. The summed E-state index contributed by atoms with van der Waals surface area (Å²) in [4.78, 5) is 18.2.